The summed E-state index contributed by atoms with van der Waals surface area (Å²) in [7, 11) is 0. The van der Waals surface area contributed by atoms with Crippen LogP contribution < -0.4 is 10.7 Å². The van der Waals surface area contributed by atoms with Crippen molar-refractivity contribution in [2.75, 3.05) is 39.4 Å². The molecule has 2 N–H and O–H groups in total. The zero-order valence-electron chi connectivity index (χ0n) is 13.8. The molecule has 0 atom stereocenters. The van der Waals surface area contributed by atoms with Crippen molar-refractivity contribution in [1.29, 1.82) is 0 Å². The number of rotatable bonds is 7. The number of aryl methyl sites for hydroxylation is 1. The summed E-state index contributed by atoms with van der Waals surface area (Å²) in [4.78, 5) is 2.42. The first-order valence-corrected chi connectivity index (χ1v) is 8.64. The minimum Gasteiger partial charge on any atom is -0.379 e. The van der Waals surface area contributed by atoms with Gasteiger partial charge in [0.15, 0.2) is 5.11 Å². The van der Waals surface area contributed by atoms with Gasteiger partial charge in [0.1, 0.15) is 0 Å². The van der Waals surface area contributed by atoms with E-state index in [-0.39, 0.29) is 0 Å². The lowest BCUT2D eigenvalue weighted by molar-refractivity contribution is 0.0376. The zero-order chi connectivity index (χ0) is 16.3. The predicted molar refractivity (Wildman–Crippen MR) is 99.0 cm³/mol. The molecular formula is C17H26N4OS. The summed E-state index contributed by atoms with van der Waals surface area (Å²) in [5.41, 5.74) is 5.24. The lowest BCUT2D eigenvalue weighted by Crippen LogP contribution is -2.39. The first-order valence-electron chi connectivity index (χ1n) is 8.24. The van der Waals surface area contributed by atoms with Crippen molar-refractivity contribution in [2.45, 2.75) is 19.8 Å². The molecule has 0 spiro atoms. The Morgan fingerprint density at radius 1 is 1.30 bits per heavy atom. The van der Waals surface area contributed by atoms with E-state index in [9.17, 15) is 0 Å². The number of ether oxygens (including phenoxy) is 1. The second-order valence-corrected chi connectivity index (χ2v) is 5.94. The van der Waals surface area contributed by atoms with Gasteiger partial charge in [0.05, 0.1) is 19.4 Å². The summed E-state index contributed by atoms with van der Waals surface area (Å²) >= 11 is 5.21. The van der Waals surface area contributed by atoms with Crippen molar-refractivity contribution in [3.63, 3.8) is 0 Å². The summed E-state index contributed by atoms with van der Waals surface area (Å²) in [5, 5.41) is 7.90. The highest BCUT2D eigenvalue weighted by Crippen LogP contribution is 2.02. The molecular weight excluding hydrogens is 308 g/mol. The van der Waals surface area contributed by atoms with Gasteiger partial charge in [-0.25, -0.2) is 0 Å². The summed E-state index contributed by atoms with van der Waals surface area (Å²) in [6.07, 6.45) is 3.89. The molecule has 0 saturated carbocycles. The molecule has 5 nitrogen and oxygen atoms in total. The monoisotopic (exact) mass is 334 g/mol. The molecule has 1 aliphatic heterocycles. The second kappa shape index (κ2) is 10.3. The van der Waals surface area contributed by atoms with Gasteiger partial charge in [-0.15, -0.1) is 0 Å². The minimum atomic E-state index is 0.563. The smallest absolute Gasteiger partial charge is 0.186 e. The van der Waals surface area contributed by atoms with E-state index in [4.69, 9.17) is 17.0 Å². The van der Waals surface area contributed by atoms with Gasteiger partial charge in [-0.1, -0.05) is 31.2 Å². The fourth-order valence-electron chi connectivity index (χ4n) is 2.37. The Morgan fingerprint density at radius 2 is 2.04 bits per heavy atom. The van der Waals surface area contributed by atoms with Gasteiger partial charge in [-0.05, 0) is 42.7 Å². The highest BCUT2D eigenvalue weighted by atomic mass is 32.1. The quantitative estimate of drug-likeness (QED) is 0.344. The van der Waals surface area contributed by atoms with Crippen molar-refractivity contribution >= 4 is 23.5 Å². The van der Waals surface area contributed by atoms with Crippen LogP contribution in [0.4, 0.5) is 0 Å². The van der Waals surface area contributed by atoms with Gasteiger partial charge in [0.25, 0.3) is 0 Å². The van der Waals surface area contributed by atoms with Crippen LogP contribution in [0, 0.1) is 0 Å². The van der Waals surface area contributed by atoms with Crippen LogP contribution in [0.25, 0.3) is 0 Å². The summed E-state index contributed by atoms with van der Waals surface area (Å²) < 4.78 is 5.33. The Morgan fingerprint density at radius 3 is 2.74 bits per heavy atom. The van der Waals surface area contributed by atoms with Crippen LogP contribution in [0.15, 0.2) is 29.4 Å². The molecule has 0 amide bonds. The number of nitrogens with zero attached hydrogens (tertiary/aromatic N) is 2. The average Bonchev–Trinajstić information content (AvgIpc) is 2.60. The number of nitrogens with one attached hydrogen (secondary N) is 2. The Kier molecular flexibility index (Phi) is 8.00. The Labute approximate surface area is 144 Å². The molecule has 1 saturated heterocycles. The molecule has 126 valence electrons. The number of hydrogen-bond donors (Lipinski definition) is 2. The normalized spacial score (nSPS) is 15.7. The summed E-state index contributed by atoms with van der Waals surface area (Å²) in [6, 6.07) is 8.35. The van der Waals surface area contributed by atoms with Gasteiger partial charge < -0.3 is 10.1 Å². The van der Waals surface area contributed by atoms with Crippen LogP contribution >= 0.6 is 12.2 Å². The fourth-order valence-corrected chi connectivity index (χ4v) is 2.53. The molecule has 0 aliphatic carbocycles. The Hall–Kier alpha value is -1.50. The molecule has 6 heteroatoms. The molecule has 1 aliphatic rings. The third-order valence-corrected chi connectivity index (χ3v) is 4.04. The van der Waals surface area contributed by atoms with Crippen LogP contribution in [0.1, 0.15) is 24.5 Å². The molecule has 0 radical (unpaired) electrons. The maximum Gasteiger partial charge on any atom is 0.186 e. The van der Waals surface area contributed by atoms with Gasteiger partial charge in [0, 0.05) is 19.6 Å². The van der Waals surface area contributed by atoms with E-state index in [1.54, 1.807) is 6.21 Å². The van der Waals surface area contributed by atoms with Crippen molar-refractivity contribution in [3.8, 4) is 0 Å². The van der Waals surface area contributed by atoms with Crippen LogP contribution in [0.3, 0.4) is 0 Å². The molecule has 23 heavy (non-hydrogen) atoms. The van der Waals surface area contributed by atoms with Crippen LogP contribution in [0.2, 0.25) is 0 Å². The van der Waals surface area contributed by atoms with Gasteiger partial charge >= 0.3 is 0 Å². The third kappa shape index (κ3) is 7.07. The fraction of sp³-hybridized carbons (Fsp3) is 0.529. The molecule has 2 rings (SSSR count). The van der Waals surface area contributed by atoms with E-state index >= 15 is 0 Å². The van der Waals surface area contributed by atoms with Crippen LogP contribution in [-0.2, 0) is 11.2 Å². The molecule has 0 bridgehead atoms. The largest absolute Gasteiger partial charge is 0.379 e. The van der Waals surface area contributed by atoms with Crippen LogP contribution in [-0.4, -0.2) is 55.6 Å². The van der Waals surface area contributed by atoms with E-state index in [0.29, 0.717) is 5.11 Å². The standard InChI is InChI=1S/C17H26N4OS/c1-2-15-4-6-16(7-5-15)14-19-20-17(23)18-8-3-9-21-10-12-22-13-11-21/h4-7,14H,2-3,8-13H2,1H3,(H2,18,20,23)/b19-14-. The van der Waals surface area contributed by atoms with E-state index in [1.807, 2.05) is 0 Å². The molecule has 0 aromatic heterocycles. The predicted octanol–water partition coefficient (Wildman–Crippen LogP) is 1.77. The highest BCUT2D eigenvalue weighted by molar-refractivity contribution is 7.80. The minimum absolute atomic E-state index is 0.563. The van der Waals surface area contributed by atoms with Gasteiger partial charge in [-0.3, -0.25) is 10.3 Å². The second-order valence-electron chi connectivity index (χ2n) is 5.53. The molecule has 1 aromatic rings. The maximum absolute atomic E-state index is 5.33. The van der Waals surface area contributed by atoms with Crippen molar-refractivity contribution < 1.29 is 4.74 Å². The molecule has 1 heterocycles. The Bertz CT molecular complexity index is 498. The highest BCUT2D eigenvalue weighted by Gasteiger charge is 2.08. The maximum atomic E-state index is 5.33. The lowest BCUT2D eigenvalue weighted by Gasteiger charge is -2.26. The zero-order valence-corrected chi connectivity index (χ0v) is 14.6. The third-order valence-electron chi connectivity index (χ3n) is 3.81. The number of morpholine rings is 1. The summed E-state index contributed by atoms with van der Waals surface area (Å²) in [5.74, 6) is 0. The number of hydrogen-bond acceptors (Lipinski definition) is 4. The number of hydrazone groups is 1. The van der Waals surface area contributed by atoms with Crippen LogP contribution in [0.5, 0.6) is 0 Å². The number of benzene rings is 1. The van der Waals surface area contributed by atoms with E-state index in [2.05, 4.69) is 51.9 Å². The van der Waals surface area contributed by atoms with Crippen molar-refractivity contribution in [1.82, 2.24) is 15.6 Å². The molecule has 1 fully saturated rings. The topological polar surface area (TPSA) is 48.9 Å². The first-order chi connectivity index (χ1) is 11.3. The van der Waals surface area contributed by atoms with E-state index in [0.717, 1.165) is 57.8 Å². The first kappa shape index (κ1) is 17.8. The van der Waals surface area contributed by atoms with E-state index < -0.39 is 0 Å². The van der Waals surface area contributed by atoms with Gasteiger partial charge in [-0.2, -0.15) is 5.10 Å². The SMILES string of the molecule is CCc1ccc(/C=N\NC(=S)NCCCN2CCOCC2)cc1. The van der Waals surface area contributed by atoms with Crippen molar-refractivity contribution in [3.05, 3.63) is 35.4 Å². The van der Waals surface area contributed by atoms with E-state index in [1.165, 1.54) is 5.56 Å². The number of thiocarbonyl (C=S) groups is 1. The average molecular weight is 334 g/mol. The Balaban J connectivity index is 1.57. The van der Waals surface area contributed by atoms with Crippen molar-refractivity contribution in [2.24, 2.45) is 5.10 Å². The lowest BCUT2D eigenvalue weighted by atomic mass is 10.1. The molecule has 0 unspecified atom stereocenters. The molecule has 1 aromatic carbocycles. The summed E-state index contributed by atoms with van der Waals surface area (Å²) in [6.45, 7) is 7.83. The van der Waals surface area contributed by atoms with Gasteiger partial charge in [0.2, 0.25) is 0 Å².